The summed E-state index contributed by atoms with van der Waals surface area (Å²) >= 11 is 0. The predicted molar refractivity (Wildman–Crippen MR) is 307 cm³/mol. The summed E-state index contributed by atoms with van der Waals surface area (Å²) in [4.78, 5) is 37.8. The van der Waals surface area contributed by atoms with Crippen LogP contribution in [0.2, 0.25) is 0 Å². The van der Waals surface area contributed by atoms with Crippen LogP contribution in [0.3, 0.4) is 0 Å². The minimum absolute atomic E-state index is 0.0626. The molecule has 0 rings (SSSR count). The normalized spacial score (nSPS) is 11.9. The van der Waals surface area contributed by atoms with E-state index in [0.29, 0.717) is 19.3 Å². The number of ether oxygens (including phenoxy) is 3. The molecule has 0 fully saturated rings. The fourth-order valence-corrected chi connectivity index (χ4v) is 10.2. The number of unbranched alkanes of at least 4 members (excludes halogenated alkanes) is 50. The third kappa shape index (κ3) is 59.2. The topological polar surface area (TPSA) is 78.9 Å². The molecule has 0 aromatic heterocycles. The number of esters is 3. The SMILES string of the molecule is CCCCCCCCCCCCCCCCCCCCCCCCCCCCCCCCCCCC(=O)OCC(COC(=O)CCCCCCC)OC(=O)CCCCCCCCCCCCCCCCC. The predicted octanol–water partition coefficient (Wildman–Crippen LogP) is 21.9. The molecule has 0 aliphatic rings. The molecular weight excluding hydrogens is 877 g/mol. The molecule has 0 saturated heterocycles. The maximum absolute atomic E-state index is 12.8. The van der Waals surface area contributed by atoms with Crippen LogP contribution in [0.15, 0.2) is 0 Å². The van der Waals surface area contributed by atoms with Crippen LogP contribution in [0.1, 0.15) is 380 Å². The molecule has 6 nitrogen and oxygen atoms in total. The highest BCUT2D eigenvalue weighted by Crippen LogP contribution is 2.19. The van der Waals surface area contributed by atoms with E-state index in [1.807, 2.05) is 0 Å². The zero-order valence-corrected chi connectivity index (χ0v) is 48.5. The van der Waals surface area contributed by atoms with Gasteiger partial charge in [0.2, 0.25) is 0 Å². The van der Waals surface area contributed by atoms with Gasteiger partial charge in [-0.2, -0.15) is 0 Å². The van der Waals surface area contributed by atoms with Crippen LogP contribution in [-0.4, -0.2) is 37.2 Å². The summed E-state index contributed by atoms with van der Waals surface area (Å²) in [7, 11) is 0. The van der Waals surface area contributed by atoms with Crippen molar-refractivity contribution < 1.29 is 28.6 Å². The molecule has 0 N–H and O–H groups in total. The van der Waals surface area contributed by atoms with Gasteiger partial charge in [0.15, 0.2) is 6.10 Å². The van der Waals surface area contributed by atoms with Crippen LogP contribution in [0.5, 0.6) is 0 Å². The van der Waals surface area contributed by atoms with Crippen molar-refractivity contribution >= 4 is 17.9 Å². The maximum Gasteiger partial charge on any atom is 0.306 e. The van der Waals surface area contributed by atoms with E-state index in [1.165, 1.54) is 276 Å². The Hall–Kier alpha value is -1.59. The summed E-state index contributed by atoms with van der Waals surface area (Å²) in [5, 5.41) is 0. The molecule has 0 saturated carbocycles. The molecular formula is C65H126O6. The van der Waals surface area contributed by atoms with E-state index in [4.69, 9.17) is 14.2 Å². The molecule has 0 aliphatic carbocycles. The molecule has 71 heavy (non-hydrogen) atoms. The van der Waals surface area contributed by atoms with Crippen molar-refractivity contribution in [2.75, 3.05) is 13.2 Å². The van der Waals surface area contributed by atoms with Gasteiger partial charge in [-0.05, 0) is 19.3 Å². The van der Waals surface area contributed by atoms with Crippen molar-refractivity contribution in [2.24, 2.45) is 0 Å². The Morgan fingerprint density at radius 3 is 0.563 bits per heavy atom. The first kappa shape index (κ1) is 69.4. The third-order valence-corrected chi connectivity index (χ3v) is 15.1. The highest BCUT2D eigenvalue weighted by Gasteiger charge is 2.19. The average molecular weight is 1000 g/mol. The van der Waals surface area contributed by atoms with Crippen LogP contribution in [-0.2, 0) is 28.6 Å². The van der Waals surface area contributed by atoms with Crippen LogP contribution in [0.25, 0.3) is 0 Å². The number of rotatable bonds is 61. The first-order valence-electron chi connectivity index (χ1n) is 32.5. The Balaban J connectivity index is 3.82. The first-order chi connectivity index (χ1) is 35.0. The lowest BCUT2D eigenvalue weighted by molar-refractivity contribution is -0.167. The molecule has 422 valence electrons. The zero-order valence-electron chi connectivity index (χ0n) is 48.5. The second kappa shape index (κ2) is 61.0. The number of hydrogen-bond acceptors (Lipinski definition) is 6. The van der Waals surface area contributed by atoms with Gasteiger partial charge in [0.25, 0.3) is 0 Å². The standard InChI is InChI=1S/C65H126O6/c1-4-7-10-13-15-17-19-21-23-24-25-26-27-28-29-30-31-32-33-34-35-36-37-38-39-40-42-43-45-47-49-52-55-58-64(67)70-61-62(60-69-63(66)57-54-51-12-9-6-3)71-65(68)59-56-53-50-48-46-44-41-22-20-18-16-14-11-8-5-2/h62H,4-61H2,1-3H3. The number of carbonyl (C=O) groups is 3. The van der Waals surface area contributed by atoms with Crippen molar-refractivity contribution in [3.63, 3.8) is 0 Å². The van der Waals surface area contributed by atoms with Gasteiger partial charge < -0.3 is 14.2 Å². The lowest BCUT2D eigenvalue weighted by atomic mass is 10.0. The maximum atomic E-state index is 12.8. The van der Waals surface area contributed by atoms with Crippen molar-refractivity contribution in [3.8, 4) is 0 Å². The van der Waals surface area contributed by atoms with Gasteiger partial charge in [0.05, 0.1) is 0 Å². The molecule has 0 heterocycles. The van der Waals surface area contributed by atoms with Gasteiger partial charge in [-0.15, -0.1) is 0 Å². The Labute approximate surface area is 444 Å². The van der Waals surface area contributed by atoms with E-state index < -0.39 is 6.10 Å². The fourth-order valence-electron chi connectivity index (χ4n) is 10.2. The van der Waals surface area contributed by atoms with Gasteiger partial charge in [0, 0.05) is 19.3 Å². The first-order valence-corrected chi connectivity index (χ1v) is 32.5. The van der Waals surface area contributed by atoms with Gasteiger partial charge in [-0.25, -0.2) is 0 Å². The molecule has 0 bridgehead atoms. The van der Waals surface area contributed by atoms with E-state index in [-0.39, 0.29) is 31.1 Å². The second-order valence-corrected chi connectivity index (χ2v) is 22.4. The van der Waals surface area contributed by atoms with Gasteiger partial charge >= 0.3 is 17.9 Å². The average Bonchev–Trinajstić information content (AvgIpc) is 3.37. The van der Waals surface area contributed by atoms with Gasteiger partial charge in [-0.1, -0.05) is 342 Å². The highest BCUT2D eigenvalue weighted by molar-refractivity contribution is 5.71. The van der Waals surface area contributed by atoms with E-state index in [0.717, 1.165) is 64.2 Å². The zero-order chi connectivity index (χ0) is 51.4. The van der Waals surface area contributed by atoms with Crippen LogP contribution >= 0.6 is 0 Å². The number of hydrogen-bond donors (Lipinski definition) is 0. The largest absolute Gasteiger partial charge is 0.462 e. The fraction of sp³-hybridized carbons (Fsp3) is 0.954. The molecule has 0 spiro atoms. The summed E-state index contributed by atoms with van der Waals surface area (Å²) in [5.41, 5.74) is 0. The minimum Gasteiger partial charge on any atom is -0.462 e. The quantitative estimate of drug-likeness (QED) is 0.0343. The van der Waals surface area contributed by atoms with E-state index in [1.54, 1.807) is 0 Å². The summed E-state index contributed by atoms with van der Waals surface area (Å²) in [6, 6.07) is 0. The smallest absolute Gasteiger partial charge is 0.306 e. The van der Waals surface area contributed by atoms with Crippen molar-refractivity contribution in [1.82, 2.24) is 0 Å². The Bertz CT molecular complexity index is 1060. The lowest BCUT2D eigenvalue weighted by Gasteiger charge is -2.18. The summed E-state index contributed by atoms with van der Waals surface area (Å²) in [5.74, 6) is -0.850. The van der Waals surface area contributed by atoms with Gasteiger partial charge in [0.1, 0.15) is 13.2 Å². The van der Waals surface area contributed by atoms with Crippen LogP contribution < -0.4 is 0 Å². The minimum atomic E-state index is -0.759. The highest BCUT2D eigenvalue weighted by atomic mass is 16.6. The van der Waals surface area contributed by atoms with Gasteiger partial charge in [-0.3, -0.25) is 14.4 Å². The Morgan fingerprint density at radius 1 is 0.225 bits per heavy atom. The van der Waals surface area contributed by atoms with Crippen LogP contribution in [0, 0.1) is 0 Å². The summed E-state index contributed by atoms with van der Waals surface area (Å²) in [6.45, 7) is 6.63. The van der Waals surface area contributed by atoms with Crippen LogP contribution in [0.4, 0.5) is 0 Å². The summed E-state index contributed by atoms with van der Waals surface area (Å²) < 4.78 is 16.8. The lowest BCUT2D eigenvalue weighted by Crippen LogP contribution is -2.30. The molecule has 0 aromatic carbocycles. The number of carbonyl (C=O) groups excluding carboxylic acids is 3. The molecule has 0 amide bonds. The Kier molecular flexibility index (Phi) is 59.6. The molecule has 1 atom stereocenters. The Morgan fingerprint density at radius 2 is 0.380 bits per heavy atom. The monoisotopic (exact) mass is 1000 g/mol. The molecule has 6 heteroatoms. The molecule has 0 radical (unpaired) electrons. The molecule has 0 aromatic rings. The van der Waals surface area contributed by atoms with Crippen molar-refractivity contribution in [3.05, 3.63) is 0 Å². The molecule has 1 unspecified atom stereocenters. The van der Waals surface area contributed by atoms with Crippen molar-refractivity contribution in [1.29, 1.82) is 0 Å². The van der Waals surface area contributed by atoms with E-state index in [2.05, 4.69) is 20.8 Å². The van der Waals surface area contributed by atoms with E-state index >= 15 is 0 Å². The third-order valence-electron chi connectivity index (χ3n) is 15.1. The summed E-state index contributed by atoms with van der Waals surface area (Å²) in [6.07, 6.45) is 70.5. The molecule has 0 aliphatic heterocycles. The van der Waals surface area contributed by atoms with Crippen molar-refractivity contribution in [2.45, 2.75) is 386 Å². The van der Waals surface area contributed by atoms with E-state index in [9.17, 15) is 14.4 Å². The second-order valence-electron chi connectivity index (χ2n) is 22.4.